The highest BCUT2D eigenvalue weighted by molar-refractivity contribution is 6.30. The minimum absolute atomic E-state index is 0.116. The van der Waals surface area contributed by atoms with Crippen molar-refractivity contribution in [2.75, 3.05) is 0 Å². The molecule has 0 spiro atoms. The van der Waals surface area contributed by atoms with Crippen LogP contribution in [0.3, 0.4) is 0 Å². The van der Waals surface area contributed by atoms with E-state index in [9.17, 15) is 4.79 Å². The van der Waals surface area contributed by atoms with E-state index in [1.165, 1.54) is 23.2 Å². The Morgan fingerprint density at radius 1 is 1.46 bits per heavy atom. The van der Waals surface area contributed by atoms with E-state index in [1.54, 1.807) is 7.05 Å². The second kappa shape index (κ2) is 2.81. The number of rotatable bonds is 0. The second-order valence-electron chi connectivity index (χ2n) is 2.68. The fraction of sp³-hybridized carbons (Fsp3) is 0.125. The van der Waals surface area contributed by atoms with Gasteiger partial charge in [-0.15, -0.1) is 0 Å². The van der Waals surface area contributed by atoms with E-state index in [1.807, 2.05) is 0 Å². The van der Waals surface area contributed by atoms with Gasteiger partial charge >= 0.3 is 0 Å². The summed E-state index contributed by atoms with van der Waals surface area (Å²) >= 11 is 5.66. The smallest absolute Gasteiger partial charge is 0.261 e. The Bertz CT molecular complexity index is 515. The van der Waals surface area contributed by atoms with Crippen molar-refractivity contribution < 1.29 is 0 Å². The molecule has 0 amide bonds. The predicted octanol–water partition coefficient (Wildman–Crippen LogP) is 0.982. The standard InChI is InChI=1S/C8H6ClN3O/c1-12-4-11-6-3-10-7(9)2-5(6)8(12)13/h2-4H,1H3. The molecule has 2 rings (SSSR count). The van der Waals surface area contributed by atoms with Crippen molar-refractivity contribution in [3.05, 3.63) is 34.1 Å². The first kappa shape index (κ1) is 8.19. The lowest BCUT2D eigenvalue weighted by molar-refractivity contribution is 0.842. The fourth-order valence-electron chi connectivity index (χ4n) is 1.09. The second-order valence-corrected chi connectivity index (χ2v) is 3.07. The molecule has 0 saturated heterocycles. The van der Waals surface area contributed by atoms with E-state index in [-0.39, 0.29) is 5.56 Å². The molecule has 2 aromatic rings. The topological polar surface area (TPSA) is 47.8 Å². The summed E-state index contributed by atoms with van der Waals surface area (Å²) in [5.41, 5.74) is 0.446. The molecule has 5 heteroatoms. The SMILES string of the molecule is Cn1cnc2cnc(Cl)cc2c1=O. The molecule has 66 valence electrons. The maximum absolute atomic E-state index is 11.5. The zero-order chi connectivity index (χ0) is 9.42. The first-order valence-electron chi connectivity index (χ1n) is 3.65. The van der Waals surface area contributed by atoms with E-state index in [0.717, 1.165) is 0 Å². The minimum Gasteiger partial charge on any atom is -0.302 e. The summed E-state index contributed by atoms with van der Waals surface area (Å²) < 4.78 is 1.40. The molecule has 13 heavy (non-hydrogen) atoms. The Morgan fingerprint density at radius 3 is 3.00 bits per heavy atom. The molecule has 0 N–H and O–H groups in total. The highest BCUT2D eigenvalue weighted by Crippen LogP contribution is 2.09. The van der Waals surface area contributed by atoms with Crippen LogP contribution in [0.2, 0.25) is 5.15 Å². The summed E-state index contributed by atoms with van der Waals surface area (Å²) in [4.78, 5) is 19.4. The van der Waals surface area contributed by atoms with E-state index in [0.29, 0.717) is 16.1 Å². The maximum Gasteiger partial charge on any atom is 0.261 e. The Morgan fingerprint density at radius 2 is 2.23 bits per heavy atom. The van der Waals surface area contributed by atoms with Crippen LogP contribution in [0.25, 0.3) is 10.9 Å². The van der Waals surface area contributed by atoms with E-state index in [2.05, 4.69) is 9.97 Å². The number of fused-ring (bicyclic) bond motifs is 1. The van der Waals surface area contributed by atoms with E-state index >= 15 is 0 Å². The fourth-order valence-corrected chi connectivity index (χ4v) is 1.25. The monoisotopic (exact) mass is 195 g/mol. The molecule has 2 aromatic heterocycles. The van der Waals surface area contributed by atoms with Crippen LogP contribution in [0.15, 0.2) is 23.4 Å². The molecule has 2 heterocycles. The van der Waals surface area contributed by atoms with Gasteiger partial charge < -0.3 is 4.57 Å². The average molecular weight is 196 g/mol. The third-order valence-corrected chi connectivity index (χ3v) is 1.98. The molecule has 0 aromatic carbocycles. The average Bonchev–Trinajstić information content (AvgIpc) is 2.12. The van der Waals surface area contributed by atoms with Crippen LogP contribution < -0.4 is 5.56 Å². The number of hydrogen-bond acceptors (Lipinski definition) is 3. The number of hydrogen-bond donors (Lipinski definition) is 0. The van der Waals surface area contributed by atoms with Crippen molar-refractivity contribution in [1.82, 2.24) is 14.5 Å². The van der Waals surface area contributed by atoms with Gasteiger partial charge in [-0.1, -0.05) is 11.6 Å². The van der Waals surface area contributed by atoms with Crippen molar-refractivity contribution in [1.29, 1.82) is 0 Å². The normalized spacial score (nSPS) is 10.6. The molecule has 0 aliphatic rings. The van der Waals surface area contributed by atoms with Crippen molar-refractivity contribution >= 4 is 22.5 Å². The van der Waals surface area contributed by atoms with Crippen LogP contribution in [-0.4, -0.2) is 14.5 Å². The summed E-state index contributed by atoms with van der Waals surface area (Å²) in [6.45, 7) is 0. The number of pyridine rings is 1. The predicted molar refractivity (Wildman–Crippen MR) is 49.8 cm³/mol. The summed E-state index contributed by atoms with van der Waals surface area (Å²) in [5, 5.41) is 0.794. The Kier molecular flexibility index (Phi) is 1.77. The van der Waals surface area contributed by atoms with Crippen molar-refractivity contribution in [2.24, 2.45) is 7.05 Å². The van der Waals surface area contributed by atoms with Crippen LogP contribution in [0.1, 0.15) is 0 Å². The molecule has 0 aliphatic heterocycles. The van der Waals surface area contributed by atoms with Gasteiger partial charge in [0.1, 0.15) is 5.15 Å². The molecule has 0 saturated carbocycles. The summed E-state index contributed by atoms with van der Waals surface area (Å²) in [5.74, 6) is 0. The largest absolute Gasteiger partial charge is 0.302 e. The molecule has 0 atom stereocenters. The molecular weight excluding hydrogens is 190 g/mol. The third-order valence-electron chi connectivity index (χ3n) is 1.77. The number of nitrogens with zero attached hydrogens (tertiary/aromatic N) is 3. The Balaban J connectivity index is 2.97. The maximum atomic E-state index is 11.5. The van der Waals surface area contributed by atoms with Crippen LogP contribution in [0.5, 0.6) is 0 Å². The highest BCUT2D eigenvalue weighted by Gasteiger charge is 2.02. The van der Waals surface area contributed by atoms with Gasteiger partial charge in [-0.2, -0.15) is 0 Å². The minimum atomic E-state index is -0.116. The summed E-state index contributed by atoms with van der Waals surface area (Å²) in [6, 6.07) is 1.52. The number of halogens is 1. The van der Waals surface area contributed by atoms with Crippen LogP contribution in [-0.2, 0) is 7.05 Å². The summed E-state index contributed by atoms with van der Waals surface area (Å²) in [6.07, 6.45) is 2.94. The zero-order valence-electron chi connectivity index (χ0n) is 6.86. The van der Waals surface area contributed by atoms with Gasteiger partial charge in [-0.05, 0) is 6.07 Å². The van der Waals surface area contributed by atoms with Crippen molar-refractivity contribution in [3.8, 4) is 0 Å². The molecular formula is C8H6ClN3O. The van der Waals surface area contributed by atoms with Crippen LogP contribution >= 0.6 is 11.6 Å². The van der Waals surface area contributed by atoms with Crippen molar-refractivity contribution in [3.63, 3.8) is 0 Å². The Labute approximate surface area is 78.8 Å². The van der Waals surface area contributed by atoms with Gasteiger partial charge in [-0.3, -0.25) is 4.79 Å². The third kappa shape index (κ3) is 1.29. The lowest BCUT2D eigenvalue weighted by atomic mass is 10.3. The first-order chi connectivity index (χ1) is 6.18. The first-order valence-corrected chi connectivity index (χ1v) is 4.03. The van der Waals surface area contributed by atoms with Gasteiger partial charge in [-0.25, -0.2) is 9.97 Å². The molecule has 0 radical (unpaired) electrons. The van der Waals surface area contributed by atoms with E-state index in [4.69, 9.17) is 11.6 Å². The lowest BCUT2D eigenvalue weighted by Gasteiger charge is -1.98. The van der Waals surface area contributed by atoms with Gasteiger partial charge in [0.15, 0.2) is 0 Å². The van der Waals surface area contributed by atoms with Gasteiger partial charge in [0.05, 0.1) is 23.4 Å². The molecule has 0 fully saturated rings. The summed E-state index contributed by atoms with van der Waals surface area (Å²) in [7, 11) is 1.64. The number of aryl methyl sites for hydroxylation is 1. The Hall–Kier alpha value is -1.42. The lowest BCUT2D eigenvalue weighted by Crippen LogP contribution is -2.16. The van der Waals surface area contributed by atoms with Crippen LogP contribution in [0.4, 0.5) is 0 Å². The molecule has 4 nitrogen and oxygen atoms in total. The van der Waals surface area contributed by atoms with Gasteiger partial charge in [0.25, 0.3) is 5.56 Å². The van der Waals surface area contributed by atoms with Crippen LogP contribution in [0, 0.1) is 0 Å². The quantitative estimate of drug-likeness (QED) is 0.589. The zero-order valence-corrected chi connectivity index (χ0v) is 7.62. The van der Waals surface area contributed by atoms with E-state index < -0.39 is 0 Å². The van der Waals surface area contributed by atoms with Crippen molar-refractivity contribution in [2.45, 2.75) is 0 Å². The van der Waals surface area contributed by atoms with Gasteiger partial charge in [0.2, 0.25) is 0 Å². The number of aromatic nitrogens is 3. The molecule has 0 aliphatic carbocycles. The molecule has 0 bridgehead atoms. The highest BCUT2D eigenvalue weighted by atomic mass is 35.5. The molecule has 0 unspecified atom stereocenters. The van der Waals surface area contributed by atoms with Gasteiger partial charge in [0, 0.05) is 7.05 Å².